The number of ether oxygens (including phenoxy) is 1. The van der Waals surface area contributed by atoms with Gasteiger partial charge in [-0.2, -0.15) is 0 Å². The van der Waals surface area contributed by atoms with E-state index in [1.807, 2.05) is 31.2 Å². The minimum absolute atomic E-state index is 0.0899. The molecule has 1 fully saturated rings. The number of nitrogens with two attached hydrogens (primary N) is 2. The lowest BCUT2D eigenvalue weighted by Crippen LogP contribution is -2.44. The lowest BCUT2D eigenvalue weighted by molar-refractivity contribution is -0.0784. The number of benzene rings is 1. The smallest absolute Gasteiger partial charge is 0.125 e. The molecule has 0 bridgehead atoms. The number of nitrogens with zero attached hydrogens (tertiary/aromatic N) is 1. The second-order valence-corrected chi connectivity index (χ2v) is 5.03. The first kappa shape index (κ1) is 12.6. The first-order valence-electron chi connectivity index (χ1n) is 5.96. The average Bonchev–Trinajstić information content (AvgIpc) is 2.29. The zero-order chi connectivity index (χ0) is 13.2. The molecule has 0 amide bonds. The molecule has 1 aromatic rings. The third-order valence-corrected chi connectivity index (χ3v) is 3.13. The molecule has 1 aliphatic heterocycles. The Kier molecular flexibility index (Phi) is 3.39. The topological polar surface area (TPSA) is 73.6 Å². The van der Waals surface area contributed by atoms with Crippen molar-refractivity contribution in [1.29, 1.82) is 0 Å². The predicted octanol–water partition coefficient (Wildman–Crippen LogP) is 1.86. The monoisotopic (exact) mass is 245 g/mol. The molecular formula is C14H19N3O. The Hall–Kier alpha value is -1.81. The molecule has 0 aliphatic carbocycles. The Morgan fingerprint density at radius 2 is 1.89 bits per heavy atom. The molecule has 1 saturated heterocycles. The molecule has 1 aromatic carbocycles. The highest BCUT2D eigenvalue weighted by Gasteiger charge is 2.36. The van der Waals surface area contributed by atoms with Gasteiger partial charge in [-0.15, -0.1) is 0 Å². The van der Waals surface area contributed by atoms with Crippen LogP contribution in [0.25, 0.3) is 0 Å². The van der Waals surface area contributed by atoms with Crippen LogP contribution in [0.1, 0.15) is 12.5 Å². The zero-order valence-electron chi connectivity index (χ0n) is 10.8. The quantitative estimate of drug-likeness (QED) is 0.630. The molecule has 1 aliphatic rings. The highest BCUT2D eigenvalue weighted by molar-refractivity contribution is 5.94. The molecule has 0 aromatic heterocycles. The fourth-order valence-electron chi connectivity index (χ4n) is 1.71. The van der Waals surface area contributed by atoms with Gasteiger partial charge in [-0.05, 0) is 32.1 Å². The lowest BCUT2D eigenvalue weighted by Gasteiger charge is -2.38. The van der Waals surface area contributed by atoms with Crippen molar-refractivity contribution in [3.8, 4) is 0 Å². The maximum atomic E-state index is 6.01. The van der Waals surface area contributed by atoms with Gasteiger partial charge in [0.15, 0.2) is 0 Å². The van der Waals surface area contributed by atoms with Crippen molar-refractivity contribution >= 4 is 11.5 Å². The second-order valence-electron chi connectivity index (χ2n) is 5.03. The van der Waals surface area contributed by atoms with Gasteiger partial charge in [0.05, 0.1) is 24.3 Å². The van der Waals surface area contributed by atoms with Crippen molar-refractivity contribution in [2.75, 3.05) is 13.2 Å². The van der Waals surface area contributed by atoms with Crippen LogP contribution in [0.5, 0.6) is 0 Å². The molecule has 18 heavy (non-hydrogen) atoms. The van der Waals surface area contributed by atoms with E-state index < -0.39 is 0 Å². The SMILES string of the molecule is Cc1ccc(N=C(N)C=C(N)C2(C)COC2)cc1. The first-order valence-corrected chi connectivity index (χ1v) is 5.96. The Labute approximate surface area is 107 Å². The third-order valence-electron chi connectivity index (χ3n) is 3.13. The van der Waals surface area contributed by atoms with Crippen LogP contribution in [0.3, 0.4) is 0 Å². The van der Waals surface area contributed by atoms with Crippen molar-refractivity contribution in [2.24, 2.45) is 21.9 Å². The summed E-state index contributed by atoms with van der Waals surface area (Å²) in [6.07, 6.45) is 1.72. The van der Waals surface area contributed by atoms with E-state index in [0.717, 1.165) is 11.4 Å². The summed E-state index contributed by atoms with van der Waals surface area (Å²) < 4.78 is 5.17. The molecule has 0 saturated carbocycles. The molecule has 0 unspecified atom stereocenters. The Morgan fingerprint density at radius 1 is 1.28 bits per heavy atom. The number of hydrogen-bond acceptors (Lipinski definition) is 3. The van der Waals surface area contributed by atoms with Crippen molar-refractivity contribution in [3.63, 3.8) is 0 Å². The van der Waals surface area contributed by atoms with Crippen molar-refractivity contribution in [1.82, 2.24) is 0 Å². The summed E-state index contributed by atoms with van der Waals surface area (Å²) in [6, 6.07) is 7.86. The second kappa shape index (κ2) is 4.82. The van der Waals surface area contributed by atoms with E-state index in [9.17, 15) is 0 Å². The van der Waals surface area contributed by atoms with Gasteiger partial charge in [-0.1, -0.05) is 17.7 Å². The van der Waals surface area contributed by atoms with Crippen LogP contribution >= 0.6 is 0 Å². The molecule has 4 heteroatoms. The molecule has 2 rings (SSSR count). The fraction of sp³-hybridized carbons (Fsp3) is 0.357. The number of rotatable bonds is 3. The highest BCUT2D eigenvalue weighted by Crippen LogP contribution is 2.31. The normalized spacial score (nSPS) is 19.4. The van der Waals surface area contributed by atoms with Crippen LogP contribution in [0.15, 0.2) is 41.0 Å². The molecular weight excluding hydrogens is 226 g/mol. The van der Waals surface area contributed by atoms with Gasteiger partial charge in [0, 0.05) is 5.70 Å². The van der Waals surface area contributed by atoms with E-state index in [4.69, 9.17) is 16.2 Å². The van der Waals surface area contributed by atoms with Gasteiger partial charge in [-0.25, -0.2) is 4.99 Å². The minimum Gasteiger partial charge on any atom is -0.401 e. The standard InChI is InChI=1S/C14H19N3O/c1-10-3-5-11(6-4-10)17-13(16)7-12(15)14(2)8-18-9-14/h3-7H,8-9,15H2,1-2H3,(H2,16,17). The van der Waals surface area contributed by atoms with Gasteiger partial charge in [0.1, 0.15) is 5.84 Å². The van der Waals surface area contributed by atoms with E-state index in [-0.39, 0.29) is 5.41 Å². The van der Waals surface area contributed by atoms with Crippen LogP contribution < -0.4 is 11.5 Å². The summed E-state index contributed by atoms with van der Waals surface area (Å²) >= 11 is 0. The van der Waals surface area contributed by atoms with Crippen LogP contribution in [0.4, 0.5) is 5.69 Å². The summed E-state index contributed by atoms with van der Waals surface area (Å²) in [6.45, 7) is 5.38. The fourth-order valence-corrected chi connectivity index (χ4v) is 1.71. The van der Waals surface area contributed by atoms with E-state index >= 15 is 0 Å². The molecule has 0 radical (unpaired) electrons. The van der Waals surface area contributed by atoms with Gasteiger partial charge >= 0.3 is 0 Å². The number of aliphatic imine (C=N–C) groups is 1. The third kappa shape index (κ3) is 2.71. The summed E-state index contributed by atoms with van der Waals surface area (Å²) in [5.41, 5.74) is 14.5. The maximum Gasteiger partial charge on any atom is 0.125 e. The number of hydrogen-bond donors (Lipinski definition) is 2. The van der Waals surface area contributed by atoms with Crippen LogP contribution in [-0.2, 0) is 4.74 Å². The van der Waals surface area contributed by atoms with E-state index in [0.29, 0.717) is 19.0 Å². The molecule has 1 heterocycles. The average molecular weight is 245 g/mol. The minimum atomic E-state index is -0.0899. The van der Waals surface area contributed by atoms with Crippen LogP contribution in [-0.4, -0.2) is 19.0 Å². The Morgan fingerprint density at radius 3 is 2.39 bits per heavy atom. The molecule has 4 N–H and O–H groups in total. The summed E-state index contributed by atoms with van der Waals surface area (Å²) in [7, 11) is 0. The van der Waals surface area contributed by atoms with E-state index in [1.165, 1.54) is 5.56 Å². The van der Waals surface area contributed by atoms with Crippen LogP contribution in [0.2, 0.25) is 0 Å². The van der Waals surface area contributed by atoms with E-state index in [2.05, 4.69) is 11.9 Å². The van der Waals surface area contributed by atoms with Gasteiger partial charge < -0.3 is 16.2 Å². The summed E-state index contributed by atoms with van der Waals surface area (Å²) in [4.78, 5) is 4.31. The predicted molar refractivity (Wildman–Crippen MR) is 73.7 cm³/mol. The Balaban J connectivity index is 2.13. The van der Waals surface area contributed by atoms with Crippen molar-refractivity contribution in [3.05, 3.63) is 41.6 Å². The van der Waals surface area contributed by atoms with Gasteiger partial charge in [0.25, 0.3) is 0 Å². The lowest BCUT2D eigenvalue weighted by atomic mass is 9.85. The zero-order valence-corrected chi connectivity index (χ0v) is 10.8. The van der Waals surface area contributed by atoms with Gasteiger partial charge in [-0.3, -0.25) is 0 Å². The molecule has 96 valence electrons. The number of amidine groups is 1. The first-order chi connectivity index (χ1) is 8.49. The molecule has 4 nitrogen and oxygen atoms in total. The largest absolute Gasteiger partial charge is 0.401 e. The summed E-state index contributed by atoms with van der Waals surface area (Å²) in [5, 5.41) is 0. The van der Waals surface area contributed by atoms with E-state index in [1.54, 1.807) is 6.08 Å². The maximum absolute atomic E-state index is 6.01. The Bertz CT molecular complexity index is 484. The van der Waals surface area contributed by atoms with Crippen LogP contribution in [0, 0.1) is 12.3 Å². The molecule has 0 spiro atoms. The summed E-state index contributed by atoms with van der Waals surface area (Å²) in [5.74, 6) is 0.421. The molecule has 0 atom stereocenters. The van der Waals surface area contributed by atoms with Crippen molar-refractivity contribution in [2.45, 2.75) is 13.8 Å². The highest BCUT2D eigenvalue weighted by atomic mass is 16.5. The van der Waals surface area contributed by atoms with Crippen molar-refractivity contribution < 1.29 is 4.74 Å². The van der Waals surface area contributed by atoms with Gasteiger partial charge in [0.2, 0.25) is 0 Å². The number of aryl methyl sites for hydroxylation is 1.